The van der Waals surface area contributed by atoms with Crippen LogP contribution in [0.1, 0.15) is 24.1 Å². The van der Waals surface area contributed by atoms with Crippen molar-refractivity contribution in [3.63, 3.8) is 0 Å². The van der Waals surface area contributed by atoms with E-state index in [9.17, 15) is 10.1 Å². The van der Waals surface area contributed by atoms with Gasteiger partial charge >= 0.3 is 5.82 Å². The molecule has 0 aliphatic heterocycles. The second kappa shape index (κ2) is 6.78. The zero-order valence-electron chi connectivity index (χ0n) is 14.1. The summed E-state index contributed by atoms with van der Waals surface area (Å²) in [7, 11) is 1.64. The number of methoxy groups -OCH3 is 1. The van der Waals surface area contributed by atoms with E-state index in [0.29, 0.717) is 31.3 Å². The molecule has 2 heterocycles. The second-order valence-corrected chi connectivity index (χ2v) is 5.22. The normalized spacial score (nSPS) is 11.0. The standard InChI is InChI=1S/C14H22N6O3/c1-6-18-11(4)15-14(20(21)22)13(18)16-12-9(2)17-19(10(12)3)7-8-23-5/h16H,6-8H2,1-5H3. The number of nitro groups is 1. The Labute approximate surface area is 134 Å². The lowest BCUT2D eigenvalue weighted by Gasteiger charge is -2.09. The van der Waals surface area contributed by atoms with Crippen molar-refractivity contribution in [2.45, 2.75) is 40.8 Å². The average molecular weight is 322 g/mol. The highest BCUT2D eigenvalue weighted by molar-refractivity contribution is 5.68. The van der Waals surface area contributed by atoms with E-state index in [1.807, 2.05) is 25.5 Å². The highest BCUT2D eigenvalue weighted by atomic mass is 16.6. The molecule has 0 unspecified atom stereocenters. The van der Waals surface area contributed by atoms with Crippen molar-refractivity contribution in [2.24, 2.45) is 0 Å². The third kappa shape index (κ3) is 3.19. The van der Waals surface area contributed by atoms with Crippen molar-refractivity contribution in [3.05, 3.63) is 27.3 Å². The van der Waals surface area contributed by atoms with Gasteiger partial charge in [-0.15, -0.1) is 0 Å². The number of imidazole rings is 1. The van der Waals surface area contributed by atoms with Crippen LogP contribution in [0.15, 0.2) is 0 Å². The molecule has 0 aliphatic rings. The number of aryl methyl sites for hydroxylation is 2. The Morgan fingerprint density at radius 2 is 2.04 bits per heavy atom. The molecule has 0 aliphatic carbocycles. The van der Waals surface area contributed by atoms with Gasteiger partial charge in [0.1, 0.15) is 0 Å². The summed E-state index contributed by atoms with van der Waals surface area (Å²) in [6, 6.07) is 0. The van der Waals surface area contributed by atoms with Crippen molar-refractivity contribution in [1.82, 2.24) is 19.3 Å². The molecule has 2 rings (SSSR count). The Kier molecular flexibility index (Phi) is 4.99. The lowest BCUT2D eigenvalue weighted by atomic mass is 10.3. The molecule has 0 atom stereocenters. The predicted molar refractivity (Wildman–Crippen MR) is 86.2 cm³/mol. The van der Waals surface area contributed by atoms with Crippen LogP contribution in [0, 0.1) is 30.9 Å². The van der Waals surface area contributed by atoms with Crippen molar-refractivity contribution in [2.75, 3.05) is 19.0 Å². The van der Waals surface area contributed by atoms with Crippen LogP contribution in [-0.4, -0.2) is 38.0 Å². The molecular weight excluding hydrogens is 300 g/mol. The van der Waals surface area contributed by atoms with Gasteiger partial charge in [-0.25, -0.2) is 0 Å². The van der Waals surface area contributed by atoms with Crippen LogP contribution >= 0.6 is 0 Å². The summed E-state index contributed by atoms with van der Waals surface area (Å²) < 4.78 is 8.68. The summed E-state index contributed by atoms with van der Waals surface area (Å²) in [6.45, 7) is 9.22. The first-order valence-corrected chi connectivity index (χ1v) is 7.42. The fourth-order valence-electron chi connectivity index (χ4n) is 2.58. The molecule has 0 aromatic carbocycles. The van der Waals surface area contributed by atoms with Gasteiger partial charge in [-0.1, -0.05) is 0 Å². The molecule has 2 aromatic rings. The SMILES string of the molecule is CCn1c(C)nc([N+](=O)[O-])c1Nc1c(C)nn(CCOC)c1C. The number of hydrogen-bond acceptors (Lipinski definition) is 6. The molecule has 1 N–H and O–H groups in total. The predicted octanol–water partition coefficient (Wildman–Crippen LogP) is 2.32. The van der Waals surface area contributed by atoms with Gasteiger partial charge in [0.15, 0.2) is 0 Å². The minimum absolute atomic E-state index is 0.173. The van der Waals surface area contributed by atoms with E-state index in [-0.39, 0.29) is 5.82 Å². The number of nitrogens with one attached hydrogen (secondary N) is 1. The summed E-state index contributed by atoms with van der Waals surface area (Å²) in [5.41, 5.74) is 2.43. The van der Waals surface area contributed by atoms with E-state index in [4.69, 9.17) is 4.74 Å². The zero-order chi connectivity index (χ0) is 17.1. The summed E-state index contributed by atoms with van der Waals surface area (Å²) in [4.78, 5) is 14.8. The van der Waals surface area contributed by atoms with Gasteiger partial charge in [0.05, 0.1) is 30.2 Å². The van der Waals surface area contributed by atoms with E-state index in [0.717, 1.165) is 17.1 Å². The third-order valence-electron chi connectivity index (χ3n) is 3.76. The Balaban J connectivity index is 2.43. The molecule has 0 spiro atoms. The fourth-order valence-corrected chi connectivity index (χ4v) is 2.58. The van der Waals surface area contributed by atoms with E-state index in [1.165, 1.54) is 0 Å². The van der Waals surface area contributed by atoms with Gasteiger partial charge in [0.2, 0.25) is 11.6 Å². The van der Waals surface area contributed by atoms with Gasteiger partial charge in [0.25, 0.3) is 0 Å². The summed E-state index contributed by atoms with van der Waals surface area (Å²) in [5, 5.41) is 18.9. The van der Waals surface area contributed by atoms with E-state index < -0.39 is 4.92 Å². The van der Waals surface area contributed by atoms with Crippen LogP contribution in [-0.2, 0) is 17.8 Å². The first kappa shape index (κ1) is 16.9. The van der Waals surface area contributed by atoms with Crippen LogP contribution in [0.2, 0.25) is 0 Å². The summed E-state index contributed by atoms with van der Waals surface area (Å²) in [6.07, 6.45) is 0. The topological polar surface area (TPSA) is 100 Å². The van der Waals surface area contributed by atoms with Crippen molar-refractivity contribution < 1.29 is 9.66 Å². The largest absolute Gasteiger partial charge is 0.407 e. The number of aromatic nitrogens is 4. The Morgan fingerprint density at radius 1 is 1.35 bits per heavy atom. The molecule has 0 radical (unpaired) electrons. The highest BCUT2D eigenvalue weighted by Crippen LogP contribution is 2.31. The third-order valence-corrected chi connectivity index (χ3v) is 3.76. The molecule has 0 fully saturated rings. The van der Waals surface area contributed by atoms with Crippen LogP contribution in [0.25, 0.3) is 0 Å². The maximum absolute atomic E-state index is 11.3. The first-order chi connectivity index (χ1) is 10.9. The molecular formula is C14H22N6O3. The maximum atomic E-state index is 11.3. The van der Waals surface area contributed by atoms with Crippen LogP contribution < -0.4 is 5.32 Å². The van der Waals surface area contributed by atoms with Crippen molar-refractivity contribution >= 4 is 17.3 Å². The minimum atomic E-state index is -0.471. The summed E-state index contributed by atoms with van der Waals surface area (Å²) >= 11 is 0. The monoisotopic (exact) mass is 322 g/mol. The Morgan fingerprint density at radius 3 is 2.61 bits per heavy atom. The highest BCUT2D eigenvalue weighted by Gasteiger charge is 2.26. The Hall–Kier alpha value is -2.42. The number of anilines is 2. The molecule has 2 aromatic heterocycles. The van der Waals surface area contributed by atoms with E-state index >= 15 is 0 Å². The Bertz CT molecular complexity index is 719. The van der Waals surface area contributed by atoms with E-state index in [1.54, 1.807) is 18.6 Å². The van der Waals surface area contributed by atoms with Gasteiger partial charge < -0.3 is 20.2 Å². The zero-order valence-corrected chi connectivity index (χ0v) is 14.1. The molecule has 126 valence electrons. The van der Waals surface area contributed by atoms with Crippen molar-refractivity contribution in [1.29, 1.82) is 0 Å². The molecule has 0 amide bonds. The lowest BCUT2D eigenvalue weighted by molar-refractivity contribution is -0.388. The maximum Gasteiger partial charge on any atom is 0.407 e. The van der Waals surface area contributed by atoms with Crippen molar-refractivity contribution in [3.8, 4) is 0 Å². The number of hydrogen-bond donors (Lipinski definition) is 1. The smallest absolute Gasteiger partial charge is 0.383 e. The molecule has 0 saturated carbocycles. The molecule has 0 bridgehead atoms. The number of rotatable bonds is 7. The first-order valence-electron chi connectivity index (χ1n) is 7.42. The van der Waals surface area contributed by atoms with Gasteiger partial charge in [-0.2, -0.15) is 5.10 Å². The van der Waals surface area contributed by atoms with Gasteiger partial charge in [-0.3, -0.25) is 9.25 Å². The van der Waals surface area contributed by atoms with Crippen LogP contribution in [0.4, 0.5) is 17.3 Å². The fraction of sp³-hybridized carbons (Fsp3) is 0.571. The van der Waals surface area contributed by atoms with Gasteiger partial charge in [-0.05, 0) is 30.7 Å². The molecule has 23 heavy (non-hydrogen) atoms. The quantitative estimate of drug-likeness (QED) is 0.620. The summed E-state index contributed by atoms with van der Waals surface area (Å²) in [5.74, 6) is 0.809. The van der Waals surface area contributed by atoms with E-state index in [2.05, 4.69) is 15.4 Å². The lowest BCUT2D eigenvalue weighted by Crippen LogP contribution is -2.08. The van der Waals surface area contributed by atoms with Crippen LogP contribution in [0.5, 0.6) is 0 Å². The minimum Gasteiger partial charge on any atom is -0.383 e. The molecule has 9 nitrogen and oxygen atoms in total. The van der Waals surface area contributed by atoms with Gasteiger partial charge in [0, 0.05) is 20.6 Å². The second-order valence-electron chi connectivity index (χ2n) is 5.22. The average Bonchev–Trinajstić information content (AvgIpc) is 2.96. The number of ether oxygens (including phenoxy) is 1. The number of nitrogens with zero attached hydrogens (tertiary/aromatic N) is 5. The molecule has 9 heteroatoms. The van der Waals surface area contributed by atoms with Crippen LogP contribution in [0.3, 0.4) is 0 Å². The molecule has 0 saturated heterocycles.